The maximum atomic E-state index is 5.79. The molecule has 2 rings (SSSR count). The molecule has 0 amide bonds. The van der Waals surface area contributed by atoms with Crippen molar-refractivity contribution in [3.63, 3.8) is 0 Å². The standard InChI is InChI=1S/C13H17N3/c1-9-6-4-5-7-11(9)13-12(8-14)16(3)10(2)15-13/h4-7H,8,14H2,1-3H3. The van der Waals surface area contributed by atoms with Crippen molar-refractivity contribution in [2.75, 3.05) is 0 Å². The van der Waals surface area contributed by atoms with Gasteiger partial charge in [-0.2, -0.15) is 0 Å². The molecule has 0 aliphatic rings. The highest BCUT2D eigenvalue weighted by Crippen LogP contribution is 2.25. The molecule has 3 heteroatoms. The summed E-state index contributed by atoms with van der Waals surface area (Å²) in [7, 11) is 2.01. The van der Waals surface area contributed by atoms with Crippen LogP contribution < -0.4 is 5.73 Å². The summed E-state index contributed by atoms with van der Waals surface area (Å²) in [4.78, 5) is 4.60. The van der Waals surface area contributed by atoms with Crippen molar-refractivity contribution >= 4 is 0 Å². The molecule has 16 heavy (non-hydrogen) atoms. The zero-order valence-corrected chi connectivity index (χ0v) is 9.99. The normalized spacial score (nSPS) is 10.8. The van der Waals surface area contributed by atoms with E-state index in [9.17, 15) is 0 Å². The van der Waals surface area contributed by atoms with Crippen molar-refractivity contribution in [2.45, 2.75) is 20.4 Å². The van der Waals surface area contributed by atoms with Gasteiger partial charge in [-0.05, 0) is 19.4 Å². The van der Waals surface area contributed by atoms with E-state index in [-0.39, 0.29) is 0 Å². The first kappa shape index (κ1) is 10.9. The molecule has 0 bridgehead atoms. The molecule has 0 fully saturated rings. The van der Waals surface area contributed by atoms with Gasteiger partial charge in [0.2, 0.25) is 0 Å². The Morgan fingerprint density at radius 3 is 2.56 bits per heavy atom. The van der Waals surface area contributed by atoms with Crippen LogP contribution in [-0.2, 0) is 13.6 Å². The van der Waals surface area contributed by atoms with Crippen molar-refractivity contribution in [2.24, 2.45) is 12.8 Å². The summed E-state index contributed by atoms with van der Waals surface area (Å²) in [6, 6.07) is 8.26. The molecule has 0 unspecified atom stereocenters. The highest BCUT2D eigenvalue weighted by atomic mass is 15.1. The van der Waals surface area contributed by atoms with Crippen molar-refractivity contribution in [3.05, 3.63) is 41.3 Å². The Labute approximate surface area is 95.9 Å². The number of rotatable bonds is 2. The zero-order valence-electron chi connectivity index (χ0n) is 9.99. The maximum Gasteiger partial charge on any atom is 0.106 e. The number of nitrogens with zero attached hydrogens (tertiary/aromatic N) is 2. The quantitative estimate of drug-likeness (QED) is 0.834. The third-order valence-electron chi connectivity index (χ3n) is 3.03. The van der Waals surface area contributed by atoms with E-state index in [4.69, 9.17) is 5.73 Å². The van der Waals surface area contributed by atoms with Crippen LogP contribution in [0.4, 0.5) is 0 Å². The molecule has 1 aromatic carbocycles. The Bertz CT molecular complexity index is 512. The fraction of sp³-hybridized carbons (Fsp3) is 0.308. The average Bonchev–Trinajstić information content (AvgIpc) is 2.56. The van der Waals surface area contributed by atoms with E-state index >= 15 is 0 Å². The smallest absolute Gasteiger partial charge is 0.106 e. The van der Waals surface area contributed by atoms with Gasteiger partial charge in [0, 0.05) is 19.2 Å². The molecule has 0 aliphatic heterocycles. The number of benzene rings is 1. The van der Waals surface area contributed by atoms with Crippen molar-refractivity contribution in [1.82, 2.24) is 9.55 Å². The van der Waals surface area contributed by atoms with Gasteiger partial charge in [0.15, 0.2) is 0 Å². The van der Waals surface area contributed by atoms with Gasteiger partial charge in [0.1, 0.15) is 5.82 Å². The highest BCUT2D eigenvalue weighted by Gasteiger charge is 2.13. The number of imidazole rings is 1. The van der Waals surface area contributed by atoms with Crippen LogP contribution in [-0.4, -0.2) is 9.55 Å². The van der Waals surface area contributed by atoms with Crippen LogP contribution in [0, 0.1) is 13.8 Å². The van der Waals surface area contributed by atoms with Crippen molar-refractivity contribution in [1.29, 1.82) is 0 Å². The van der Waals surface area contributed by atoms with Gasteiger partial charge in [-0.1, -0.05) is 24.3 Å². The van der Waals surface area contributed by atoms with Crippen LogP contribution >= 0.6 is 0 Å². The van der Waals surface area contributed by atoms with Crippen LogP contribution in [0.15, 0.2) is 24.3 Å². The first-order chi connectivity index (χ1) is 7.65. The van der Waals surface area contributed by atoms with Crippen molar-refractivity contribution < 1.29 is 0 Å². The summed E-state index contributed by atoms with van der Waals surface area (Å²) in [5, 5.41) is 0. The molecule has 2 aromatic rings. The second-order valence-electron chi connectivity index (χ2n) is 4.03. The van der Waals surface area contributed by atoms with Crippen LogP contribution in [0.1, 0.15) is 17.1 Å². The topological polar surface area (TPSA) is 43.8 Å². The molecule has 0 aliphatic carbocycles. The molecular weight excluding hydrogens is 198 g/mol. The number of hydrogen-bond donors (Lipinski definition) is 1. The van der Waals surface area contributed by atoms with E-state index in [1.165, 1.54) is 11.1 Å². The van der Waals surface area contributed by atoms with E-state index in [1.54, 1.807) is 0 Å². The average molecular weight is 215 g/mol. The Hall–Kier alpha value is -1.61. The predicted molar refractivity (Wildman–Crippen MR) is 66.0 cm³/mol. The first-order valence-corrected chi connectivity index (χ1v) is 5.43. The molecular formula is C13H17N3. The van der Waals surface area contributed by atoms with E-state index in [0.29, 0.717) is 6.54 Å². The van der Waals surface area contributed by atoms with Crippen molar-refractivity contribution in [3.8, 4) is 11.3 Å². The molecule has 2 N–H and O–H groups in total. The molecule has 0 radical (unpaired) electrons. The van der Waals surface area contributed by atoms with Gasteiger partial charge in [-0.15, -0.1) is 0 Å². The molecule has 3 nitrogen and oxygen atoms in total. The van der Waals surface area contributed by atoms with Crippen LogP contribution in [0.3, 0.4) is 0 Å². The fourth-order valence-corrected chi connectivity index (χ4v) is 1.94. The Kier molecular flexibility index (Phi) is 2.79. The molecule has 84 valence electrons. The summed E-state index contributed by atoms with van der Waals surface area (Å²) in [6.07, 6.45) is 0. The van der Waals surface area contributed by atoms with Gasteiger partial charge < -0.3 is 10.3 Å². The third-order valence-corrected chi connectivity index (χ3v) is 3.03. The summed E-state index contributed by atoms with van der Waals surface area (Å²) < 4.78 is 2.06. The van der Waals surface area contributed by atoms with Gasteiger partial charge in [-0.3, -0.25) is 0 Å². The maximum absolute atomic E-state index is 5.79. The van der Waals surface area contributed by atoms with E-state index in [1.807, 2.05) is 26.1 Å². The number of aromatic nitrogens is 2. The van der Waals surface area contributed by atoms with Gasteiger partial charge >= 0.3 is 0 Å². The zero-order chi connectivity index (χ0) is 11.7. The molecule has 0 spiro atoms. The molecule has 1 heterocycles. The summed E-state index contributed by atoms with van der Waals surface area (Å²) >= 11 is 0. The lowest BCUT2D eigenvalue weighted by molar-refractivity contribution is 0.789. The minimum Gasteiger partial charge on any atom is -0.334 e. The van der Waals surface area contributed by atoms with Crippen LogP contribution in [0.25, 0.3) is 11.3 Å². The van der Waals surface area contributed by atoms with Gasteiger partial charge in [-0.25, -0.2) is 4.98 Å². The van der Waals surface area contributed by atoms with Crippen LogP contribution in [0.5, 0.6) is 0 Å². The lowest BCUT2D eigenvalue weighted by Crippen LogP contribution is -2.05. The fourth-order valence-electron chi connectivity index (χ4n) is 1.94. The number of hydrogen-bond acceptors (Lipinski definition) is 2. The minimum absolute atomic E-state index is 0.515. The SMILES string of the molecule is Cc1ccccc1-c1nc(C)n(C)c1CN. The van der Waals surface area contributed by atoms with Gasteiger partial charge in [0.25, 0.3) is 0 Å². The Morgan fingerprint density at radius 1 is 1.25 bits per heavy atom. The summed E-state index contributed by atoms with van der Waals surface area (Å²) in [6.45, 7) is 4.61. The lowest BCUT2D eigenvalue weighted by Gasteiger charge is -2.06. The van der Waals surface area contributed by atoms with E-state index in [0.717, 1.165) is 17.2 Å². The predicted octanol–water partition coefficient (Wildman–Crippen LogP) is 2.16. The van der Waals surface area contributed by atoms with Crippen LogP contribution in [0.2, 0.25) is 0 Å². The number of aryl methyl sites for hydroxylation is 2. The lowest BCUT2D eigenvalue weighted by atomic mass is 10.0. The first-order valence-electron chi connectivity index (χ1n) is 5.43. The van der Waals surface area contributed by atoms with Gasteiger partial charge in [0.05, 0.1) is 11.4 Å². The molecule has 1 aromatic heterocycles. The molecule has 0 atom stereocenters. The molecule has 0 saturated carbocycles. The monoisotopic (exact) mass is 215 g/mol. The second-order valence-corrected chi connectivity index (χ2v) is 4.03. The van der Waals surface area contributed by atoms with E-state index in [2.05, 4.69) is 28.6 Å². The Balaban J connectivity index is 2.65. The van der Waals surface area contributed by atoms with E-state index < -0.39 is 0 Å². The summed E-state index contributed by atoms with van der Waals surface area (Å²) in [5.41, 5.74) is 10.3. The second kappa shape index (κ2) is 4.10. The Morgan fingerprint density at radius 2 is 1.94 bits per heavy atom. The molecule has 0 saturated heterocycles. The highest BCUT2D eigenvalue weighted by molar-refractivity contribution is 5.66. The number of nitrogens with two attached hydrogens (primary N) is 1. The summed E-state index contributed by atoms with van der Waals surface area (Å²) in [5.74, 6) is 0.999. The minimum atomic E-state index is 0.515. The largest absolute Gasteiger partial charge is 0.334 e. The third kappa shape index (κ3) is 1.63.